The van der Waals surface area contributed by atoms with Crippen molar-refractivity contribution in [1.29, 1.82) is 0 Å². The Balaban J connectivity index is 0.000000260. The molecule has 0 aromatic heterocycles. The van der Waals surface area contributed by atoms with Gasteiger partial charge in [0.15, 0.2) is 6.29 Å². The average Bonchev–Trinajstić information content (AvgIpc) is 2.70. The van der Waals surface area contributed by atoms with E-state index in [4.69, 9.17) is 9.47 Å². The molecular weight excluding hydrogens is 320 g/mol. The molecule has 0 spiro atoms. The van der Waals surface area contributed by atoms with Crippen molar-refractivity contribution in [3.63, 3.8) is 0 Å². The van der Waals surface area contributed by atoms with Gasteiger partial charge in [0, 0.05) is 13.2 Å². The molecule has 2 nitrogen and oxygen atoms in total. The second kappa shape index (κ2) is 11.2. The van der Waals surface area contributed by atoms with Gasteiger partial charge in [0.25, 0.3) is 0 Å². The second-order valence-electron chi connectivity index (χ2n) is 5.79. The molecule has 0 unspecified atom stereocenters. The predicted octanol–water partition coefficient (Wildman–Crippen LogP) is 6.43. The minimum Gasteiger partial charge on any atom is -0.353 e. The maximum atomic E-state index is 5.06. The van der Waals surface area contributed by atoms with Gasteiger partial charge < -0.3 is 9.47 Å². The Bertz CT molecular complexity index is 657. The molecule has 0 aliphatic heterocycles. The summed E-state index contributed by atoms with van der Waals surface area (Å²) >= 11 is 0. The summed E-state index contributed by atoms with van der Waals surface area (Å²) in [5, 5.41) is 0. The van der Waals surface area contributed by atoms with E-state index in [1.165, 1.54) is 22.3 Å². The second-order valence-corrected chi connectivity index (χ2v) is 5.79. The van der Waals surface area contributed by atoms with Crippen LogP contribution >= 0.6 is 0 Å². The van der Waals surface area contributed by atoms with E-state index in [-0.39, 0.29) is 6.29 Å². The van der Waals surface area contributed by atoms with Crippen LogP contribution in [-0.2, 0) is 9.47 Å². The molecule has 0 aliphatic rings. The lowest BCUT2D eigenvalue weighted by atomic mass is 10.0. The highest BCUT2D eigenvalue weighted by Gasteiger charge is 1.99. The largest absolute Gasteiger partial charge is 0.353 e. The lowest BCUT2D eigenvalue weighted by Gasteiger charge is -2.09. The average molecular weight is 348 g/mol. The molecule has 0 radical (unpaired) electrons. The van der Waals surface area contributed by atoms with Crippen LogP contribution in [0.1, 0.15) is 20.8 Å². The minimum absolute atomic E-state index is 0.0370. The fraction of sp³-hybridized carbons (Fsp3) is 0.250. The third-order valence-electron chi connectivity index (χ3n) is 3.90. The fourth-order valence-electron chi connectivity index (χ4n) is 2.63. The van der Waals surface area contributed by atoms with Crippen LogP contribution in [0.25, 0.3) is 22.3 Å². The Hall–Kier alpha value is -2.42. The van der Waals surface area contributed by atoms with Gasteiger partial charge in [-0.1, -0.05) is 84.9 Å². The molecule has 3 rings (SSSR count). The summed E-state index contributed by atoms with van der Waals surface area (Å²) in [6.45, 7) is 7.25. The highest BCUT2D eigenvalue weighted by atomic mass is 16.7. The zero-order valence-electron chi connectivity index (χ0n) is 15.9. The summed E-state index contributed by atoms with van der Waals surface area (Å²) in [6, 6.07) is 29.6. The Labute approximate surface area is 157 Å². The van der Waals surface area contributed by atoms with Gasteiger partial charge in [0.05, 0.1) is 0 Å². The van der Waals surface area contributed by atoms with Crippen molar-refractivity contribution in [2.24, 2.45) is 0 Å². The predicted molar refractivity (Wildman–Crippen MR) is 110 cm³/mol. The molecule has 0 amide bonds. The van der Waals surface area contributed by atoms with Crippen molar-refractivity contribution in [2.75, 3.05) is 13.2 Å². The van der Waals surface area contributed by atoms with Crippen LogP contribution < -0.4 is 0 Å². The molecule has 3 aromatic carbocycles. The number of rotatable bonds is 6. The highest BCUT2D eigenvalue weighted by molar-refractivity contribution is 5.70. The molecule has 0 heterocycles. The van der Waals surface area contributed by atoms with Crippen LogP contribution in [0.5, 0.6) is 0 Å². The minimum atomic E-state index is -0.0370. The lowest BCUT2D eigenvalue weighted by Crippen LogP contribution is -2.11. The van der Waals surface area contributed by atoms with Crippen molar-refractivity contribution in [2.45, 2.75) is 27.1 Å². The summed E-state index contributed by atoms with van der Waals surface area (Å²) in [6.07, 6.45) is -0.0370. The smallest absolute Gasteiger partial charge is 0.154 e. The number of hydrogen-bond acceptors (Lipinski definition) is 2. The van der Waals surface area contributed by atoms with Gasteiger partial charge >= 0.3 is 0 Å². The first-order valence-corrected chi connectivity index (χ1v) is 9.18. The van der Waals surface area contributed by atoms with E-state index in [0.29, 0.717) is 0 Å². The first kappa shape index (κ1) is 19.9. The summed E-state index contributed by atoms with van der Waals surface area (Å²) in [5.74, 6) is 0. The number of ether oxygens (including phenoxy) is 2. The molecule has 2 heteroatoms. The van der Waals surface area contributed by atoms with E-state index in [9.17, 15) is 0 Å². The van der Waals surface area contributed by atoms with Gasteiger partial charge in [-0.15, -0.1) is 0 Å². The van der Waals surface area contributed by atoms with E-state index >= 15 is 0 Å². The SMILES string of the molecule is CCOC(C)OCC.c1ccc(-c2ccc(-c3ccccc3)cc2)cc1. The van der Waals surface area contributed by atoms with Gasteiger partial charge in [-0.2, -0.15) is 0 Å². The first-order valence-electron chi connectivity index (χ1n) is 9.18. The normalized spacial score (nSPS) is 10.3. The van der Waals surface area contributed by atoms with Crippen molar-refractivity contribution in [3.8, 4) is 22.3 Å². The van der Waals surface area contributed by atoms with Crippen LogP contribution in [0, 0.1) is 0 Å². The van der Waals surface area contributed by atoms with Gasteiger partial charge in [0.2, 0.25) is 0 Å². The fourth-order valence-corrected chi connectivity index (χ4v) is 2.63. The molecule has 0 saturated carbocycles. The lowest BCUT2D eigenvalue weighted by molar-refractivity contribution is -0.123. The third-order valence-corrected chi connectivity index (χ3v) is 3.90. The summed E-state index contributed by atoms with van der Waals surface area (Å²) < 4.78 is 10.1. The Morgan fingerprint density at radius 1 is 0.538 bits per heavy atom. The van der Waals surface area contributed by atoms with E-state index in [1.54, 1.807) is 0 Å². The van der Waals surface area contributed by atoms with Crippen molar-refractivity contribution in [1.82, 2.24) is 0 Å². The molecule has 136 valence electrons. The van der Waals surface area contributed by atoms with Crippen LogP contribution in [0.4, 0.5) is 0 Å². The number of benzene rings is 3. The molecule has 26 heavy (non-hydrogen) atoms. The zero-order valence-corrected chi connectivity index (χ0v) is 15.9. The molecule has 0 fully saturated rings. The van der Waals surface area contributed by atoms with Crippen LogP contribution in [0.15, 0.2) is 84.9 Å². The third kappa shape index (κ3) is 6.47. The van der Waals surface area contributed by atoms with Crippen molar-refractivity contribution < 1.29 is 9.47 Å². The Morgan fingerprint density at radius 3 is 1.15 bits per heavy atom. The van der Waals surface area contributed by atoms with Gasteiger partial charge in [-0.05, 0) is 43.0 Å². The van der Waals surface area contributed by atoms with E-state index in [1.807, 2.05) is 32.9 Å². The maximum Gasteiger partial charge on any atom is 0.154 e. The standard InChI is InChI=1S/C18H14.C6H14O2/c1-3-7-15(8-4-1)17-11-13-18(14-12-17)16-9-5-2-6-10-16;1-4-7-6(3)8-5-2/h1-14H;6H,4-5H2,1-3H3. The summed E-state index contributed by atoms with van der Waals surface area (Å²) in [5.41, 5.74) is 5.04. The zero-order chi connectivity index (χ0) is 18.6. The van der Waals surface area contributed by atoms with Gasteiger partial charge in [-0.25, -0.2) is 0 Å². The van der Waals surface area contributed by atoms with Crippen LogP contribution in [0.2, 0.25) is 0 Å². The van der Waals surface area contributed by atoms with E-state index in [2.05, 4.69) is 72.8 Å². The summed E-state index contributed by atoms with van der Waals surface area (Å²) in [7, 11) is 0. The van der Waals surface area contributed by atoms with Gasteiger partial charge in [0.1, 0.15) is 0 Å². The van der Waals surface area contributed by atoms with E-state index < -0.39 is 0 Å². The molecule has 0 aliphatic carbocycles. The molecule has 3 aromatic rings. The quantitative estimate of drug-likeness (QED) is 0.478. The van der Waals surface area contributed by atoms with Gasteiger partial charge in [-0.3, -0.25) is 0 Å². The molecule has 0 bridgehead atoms. The molecule has 0 N–H and O–H groups in total. The first-order chi connectivity index (χ1) is 12.7. The van der Waals surface area contributed by atoms with E-state index in [0.717, 1.165) is 13.2 Å². The summed E-state index contributed by atoms with van der Waals surface area (Å²) in [4.78, 5) is 0. The molecule has 0 atom stereocenters. The van der Waals surface area contributed by atoms with Crippen molar-refractivity contribution >= 4 is 0 Å². The monoisotopic (exact) mass is 348 g/mol. The topological polar surface area (TPSA) is 18.5 Å². The van der Waals surface area contributed by atoms with Crippen molar-refractivity contribution in [3.05, 3.63) is 84.9 Å². The Morgan fingerprint density at radius 2 is 0.846 bits per heavy atom. The number of hydrogen-bond donors (Lipinski definition) is 0. The van der Waals surface area contributed by atoms with Crippen LogP contribution in [-0.4, -0.2) is 19.5 Å². The molecular formula is C24H28O2. The Kier molecular flexibility index (Phi) is 8.61. The highest BCUT2D eigenvalue weighted by Crippen LogP contribution is 2.24. The maximum absolute atomic E-state index is 5.06. The van der Waals surface area contributed by atoms with Crippen LogP contribution in [0.3, 0.4) is 0 Å². The molecule has 0 saturated heterocycles.